The van der Waals surface area contributed by atoms with Gasteiger partial charge < -0.3 is 34.6 Å². The summed E-state index contributed by atoms with van der Waals surface area (Å²) >= 11 is 0. The molecule has 0 radical (unpaired) electrons. The maximum absolute atomic E-state index is 13.7. The van der Waals surface area contributed by atoms with Crippen LogP contribution >= 0.6 is 0 Å². The normalized spacial score (nSPS) is 20.3. The highest BCUT2D eigenvalue weighted by molar-refractivity contribution is 6.05. The van der Waals surface area contributed by atoms with Crippen molar-refractivity contribution in [3.05, 3.63) is 23.8 Å². The molecule has 1 aromatic carbocycles. The van der Waals surface area contributed by atoms with Gasteiger partial charge in [0.1, 0.15) is 5.75 Å². The molecule has 10 nitrogen and oxygen atoms in total. The number of carbonyl (C=O) groups excluding carboxylic acids is 3. The molecule has 0 saturated carbocycles. The first-order valence-corrected chi connectivity index (χ1v) is 13.4. The summed E-state index contributed by atoms with van der Waals surface area (Å²) in [5.41, 5.74) is 0.0446. The molecule has 206 valence electrons. The van der Waals surface area contributed by atoms with Crippen molar-refractivity contribution < 1.29 is 28.6 Å². The second-order valence-corrected chi connectivity index (χ2v) is 9.57. The summed E-state index contributed by atoms with van der Waals surface area (Å²) < 4.78 is 16.4. The van der Waals surface area contributed by atoms with Gasteiger partial charge in [0, 0.05) is 50.1 Å². The van der Waals surface area contributed by atoms with Crippen molar-refractivity contribution in [3.8, 4) is 5.75 Å². The number of fused-ring (bicyclic) bond motifs is 1. The minimum atomic E-state index is -1.00. The lowest BCUT2D eigenvalue weighted by Gasteiger charge is -2.44. The zero-order valence-electron chi connectivity index (χ0n) is 22.8. The highest BCUT2D eigenvalue weighted by Gasteiger charge is 2.49. The topological polar surface area (TPSA) is 109 Å². The van der Waals surface area contributed by atoms with Gasteiger partial charge in [0.15, 0.2) is 5.60 Å². The number of rotatable bonds is 6. The number of nitrogens with one attached hydrogen (secondary N) is 2. The Morgan fingerprint density at radius 1 is 1.27 bits per heavy atom. The van der Waals surface area contributed by atoms with Crippen LogP contribution in [0.2, 0.25) is 0 Å². The van der Waals surface area contributed by atoms with Crippen molar-refractivity contribution in [2.24, 2.45) is 0 Å². The molecule has 1 spiro atoms. The molecular formula is C27H42N4O6. The molecule has 3 heterocycles. The van der Waals surface area contributed by atoms with Gasteiger partial charge in [-0.2, -0.15) is 0 Å². The molecule has 1 atom stereocenters. The van der Waals surface area contributed by atoms with Crippen LogP contribution in [-0.4, -0.2) is 87.0 Å². The number of nitrogens with zero attached hydrogens (tertiary/aromatic N) is 2. The van der Waals surface area contributed by atoms with Gasteiger partial charge in [0.25, 0.3) is 11.8 Å². The number of anilines is 1. The van der Waals surface area contributed by atoms with E-state index in [1.807, 2.05) is 32.6 Å². The Balaban J connectivity index is 0.00000186. The number of carbonyl (C=O) groups is 3. The Kier molecular flexibility index (Phi) is 10.2. The third kappa shape index (κ3) is 6.35. The van der Waals surface area contributed by atoms with Crippen LogP contribution in [0, 0.1) is 0 Å². The van der Waals surface area contributed by atoms with E-state index in [2.05, 4.69) is 15.4 Å². The molecule has 0 aliphatic carbocycles. The number of methoxy groups -OCH3 is 1. The van der Waals surface area contributed by atoms with Crippen molar-refractivity contribution in [2.45, 2.75) is 71.1 Å². The van der Waals surface area contributed by atoms with E-state index in [1.54, 1.807) is 23.1 Å². The van der Waals surface area contributed by atoms with Crippen LogP contribution in [0.5, 0.6) is 5.75 Å². The molecule has 37 heavy (non-hydrogen) atoms. The average Bonchev–Trinajstić information content (AvgIpc) is 2.92. The molecule has 4 rings (SSSR count). The van der Waals surface area contributed by atoms with Crippen LogP contribution in [-0.2, 0) is 14.3 Å². The maximum atomic E-state index is 13.7. The molecule has 0 aromatic heterocycles. The summed E-state index contributed by atoms with van der Waals surface area (Å²) in [4.78, 5) is 42.5. The van der Waals surface area contributed by atoms with Crippen LogP contribution in [0.3, 0.4) is 0 Å². The third-order valence-electron chi connectivity index (χ3n) is 6.98. The molecule has 1 aromatic rings. The van der Waals surface area contributed by atoms with Crippen LogP contribution < -0.4 is 20.3 Å². The highest BCUT2D eigenvalue weighted by atomic mass is 16.5. The molecule has 2 N–H and O–H groups in total. The van der Waals surface area contributed by atoms with Gasteiger partial charge in [0.05, 0.1) is 26.0 Å². The summed E-state index contributed by atoms with van der Waals surface area (Å²) in [7, 11) is 1.29. The maximum Gasteiger partial charge on any atom is 0.406 e. The lowest BCUT2D eigenvalue weighted by Crippen LogP contribution is -2.59. The molecule has 0 bridgehead atoms. The Morgan fingerprint density at radius 2 is 2.00 bits per heavy atom. The largest absolute Gasteiger partial charge is 0.475 e. The summed E-state index contributed by atoms with van der Waals surface area (Å²) in [5, 5.41) is 6.02. The Morgan fingerprint density at radius 3 is 2.62 bits per heavy atom. The smallest absolute Gasteiger partial charge is 0.406 e. The first-order chi connectivity index (χ1) is 17.9. The van der Waals surface area contributed by atoms with Crippen LogP contribution in [0.1, 0.15) is 63.7 Å². The SMILES string of the molecule is CC.COC(=O)NCCN1C(=O)C2(CCOCC2)Oc2ccc(C(=O)N(C(C)C)[C@@H]3CCCNC3)cc21. The summed E-state index contributed by atoms with van der Waals surface area (Å²) in [6, 6.07) is 5.46. The number of benzene rings is 1. The Bertz CT molecular complexity index is 941. The summed E-state index contributed by atoms with van der Waals surface area (Å²) in [6.45, 7) is 11.1. The third-order valence-corrected chi connectivity index (χ3v) is 6.98. The predicted molar refractivity (Wildman–Crippen MR) is 141 cm³/mol. The van der Waals surface area contributed by atoms with E-state index in [1.165, 1.54) is 7.11 Å². The second kappa shape index (κ2) is 13.1. The fraction of sp³-hybridized carbons (Fsp3) is 0.667. The van der Waals surface area contributed by atoms with Crippen molar-refractivity contribution >= 4 is 23.6 Å². The number of hydrogen-bond donors (Lipinski definition) is 2. The molecule has 10 heteroatoms. The number of piperidine rings is 1. The van der Waals surface area contributed by atoms with Gasteiger partial charge in [0.2, 0.25) is 0 Å². The lowest BCUT2D eigenvalue weighted by molar-refractivity contribution is -0.144. The fourth-order valence-electron chi connectivity index (χ4n) is 5.18. The predicted octanol–water partition coefficient (Wildman–Crippen LogP) is 2.95. The number of hydrogen-bond acceptors (Lipinski definition) is 7. The van der Waals surface area contributed by atoms with E-state index < -0.39 is 11.7 Å². The van der Waals surface area contributed by atoms with Gasteiger partial charge in [-0.15, -0.1) is 0 Å². The Hall–Kier alpha value is -2.85. The lowest BCUT2D eigenvalue weighted by atomic mass is 9.90. The molecule has 2 saturated heterocycles. The minimum Gasteiger partial charge on any atom is -0.475 e. The molecule has 2 fully saturated rings. The van der Waals surface area contributed by atoms with Gasteiger partial charge in [-0.05, 0) is 51.4 Å². The summed E-state index contributed by atoms with van der Waals surface area (Å²) in [5.74, 6) is 0.307. The number of alkyl carbamates (subject to hydrolysis) is 1. The van der Waals surface area contributed by atoms with Gasteiger partial charge >= 0.3 is 6.09 Å². The first-order valence-electron chi connectivity index (χ1n) is 13.4. The quantitative estimate of drug-likeness (QED) is 0.596. The fourth-order valence-corrected chi connectivity index (χ4v) is 5.18. The second-order valence-electron chi connectivity index (χ2n) is 9.57. The zero-order chi connectivity index (χ0) is 27.0. The van der Waals surface area contributed by atoms with Gasteiger partial charge in [-0.25, -0.2) is 4.79 Å². The van der Waals surface area contributed by atoms with E-state index in [9.17, 15) is 14.4 Å². The van der Waals surface area contributed by atoms with Crippen molar-refractivity contribution in [2.75, 3.05) is 51.4 Å². The van der Waals surface area contributed by atoms with Crippen LogP contribution in [0.25, 0.3) is 0 Å². The van der Waals surface area contributed by atoms with E-state index in [0.29, 0.717) is 43.1 Å². The van der Waals surface area contributed by atoms with E-state index >= 15 is 0 Å². The molecule has 0 unspecified atom stereocenters. The Labute approximate surface area is 220 Å². The van der Waals surface area contributed by atoms with Crippen molar-refractivity contribution in [1.29, 1.82) is 0 Å². The van der Waals surface area contributed by atoms with Crippen LogP contribution in [0.15, 0.2) is 18.2 Å². The van der Waals surface area contributed by atoms with Crippen LogP contribution in [0.4, 0.5) is 10.5 Å². The standard InChI is InChI=1S/C25H36N4O6.C2H6/c1-17(2)29(19-5-4-10-26-16-19)22(30)18-6-7-21-20(15-18)28(12-11-27-24(32)33-3)23(31)25(35-21)8-13-34-14-9-25;1-2/h6-7,15,17,19,26H,4-5,8-14,16H2,1-3H3,(H,27,32);1-2H3/t19-;/m1./s1. The van der Waals surface area contributed by atoms with Crippen molar-refractivity contribution in [1.82, 2.24) is 15.5 Å². The summed E-state index contributed by atoms with van der Waals surface area (Å²) in [6.07, 6.45) is 2.31. The van der Waals surface area contributed by atoms with Gasteiger partial charge in [-0.1, -0.05) is 13.8 Å². The number of ether oxygens (including phenoxy) is 3. The van der Waals surface area contributed by atoms with E-state index in [-0.39, 0.29) is 37.0 Å². The van der Waals surface area contributed by atoms with E-state index in [0.717, 1.165) is 25.9 Å². The average molecular weight is 519 g/mol. The number of amides is 3. The molecule has 3 amide bonds. The molecular weight excluding hydrogens is 476 g/mol. The zero-order valence-corrected chi connectivity index (χ0v) is 22.8. The van der Waals surface area contributed by atoms with Crippen molar-refractivity contribution in [3.63, 3.8) is 0 Å². The van der Waals surface area contributed by atoms with E-state index in [4.69, 9.17) is 9.47 Å². The monoisotopic (exact) mass is 518 g/mol. The molecule has 3 aliphatic rings. The first kappa shape index (κ1) is 28.7. The molecule has 3 aliphatic heterocycles. The van der Waals surface area contributed by atoms with Gasteiger partial charge in [-0.3, -0.25) is 9.59 Å². The highest BCUT2D eigenvalue weighted by Crippen LogP contribution is 2.42. The minimum absolute atomic E-state index is 0.0344.